The quantitative estimate of drug-likeness (QED) is 0.00705. The first-order valence-corrected chi connectivity index (χ1v) is 50.9. The van der Waals surface area contributed by atoms with Gasteiger partial charge in [0.25, 0.3) is 0 Å². The average molecular weight is 2220 g/mol. The summed E-state index contributed by atoms with van der Waals surface area (Å²) in [5, 5.41) is 16.9. The van der Waals surface area contributed by atoms with E-state index in [2.05, 4.69) is 65.1 Å². The van der Waals surface area contributed by atoms with E-state index in [0.717, 1.165) is 0 Å². The molecule has 145 heavy (non-hydrogen) atoms. The number of halogens is 5. The van der Waals surface area contributed by atoms with Gasteiger partial charge >= 0.3 is 86.4 Å². The number of nitro groups is 1. The number of benzene rings is 5. The predicted molar refractivity (Wildman–Crippen MR) is 523 cm³/mol. The Bertz CT molecular complexity index is 5450. The number of nitrogens with zero attached hydrogens (tertiary/aromatic N) is 3. The van der Waals surface area contributed by atoms with Gasteiger partial charge in [-0.15, -0.1) is 8.73 Å². The largest absolute Gasteiger partial charge is 0.463 e. The highest BCUT2D eigenvalue weighted by Crippen LogP contribution is 2.44. The molecule has 5 aromatic rings. The van der Waals surface area contributed by atoms with Crippen LogP contribution in [0.1, 0.15) is 158 Å². The highest BCUT2D eigenvalue weighted by atomic mass is 79.9. The molecule has 27 atom stereocenters. The van der Waals surface area contributed by atoms with Crippen molar-refractivity contribution in [3.63, 3.8) is 0 Å². The SMILES string of the molecule is CC(=O)OC[C@H]1OC(Oc2ccccc2N)[C@H](OC(C)=O)[C@@H](C)[C@@H]1C.CC(=O)OC[C@H]1OC(Oc2ccccc2N=S(=O)(F)F)[C@H](OC(C)=O)[C@@H](C)[C@@H]1C.CC(=O)OC[C@H]1OC(Oc2ccccc2[N+](=O)[O-])[C@H](OC(C)=O)[C@@H](C)[C@@H]1C.CC(=O)O[C@H]1[C@H](C)[C@@H](C)C(Br)O[C@@H]1CBr.CNC(=O)[C@H](Cc1ccc(OS(=O)(F)=Nc2ccccc2OC2O[C@H](COC(C)=O)[C@@H](C)[C@H](C)[C@H]2OC(C)=O)cc1)NC(=O)OC(C)(C)C. The van der Waals surface area contributed by atoms with E-state index in [9.17, 15) is 79.0 Å². The molecule has 5 fully saturated rings. The number of esters is 9. The minimum absolute atomic E-state index is 0.00218. The Balaban J connectivity index is 0.000000291. The Hall–Kier alpha value is -11.3. The Morgan fingerprint density at radius 2 is 0.766 bits per heavy atom. The summed E-state index contributed by atoms with van der Waals surface area (Å²) in [5.41, 5.74) is 5.43. The summed E-state index contributed by atoms with van der Waals surface area (Å²) in [5.74, 6) is -5.16. The van der Waals surface area contributed by atoms with E-state index in [1.807, 2.05) is 55.4 Å². The summed E-state index contributed by atoms with van der Waals surface area (Å²) >= 11 is 6.86. The van der Waals surface area contributed by atoms with Gasteiger partial charge in [0, 0.05) is 117 Å². The Morgan fingerprint density at radius 3 is 1.10 bits per heavy atom. The molecule has 48 heteroatoms. The van der Waals surface area contributed by atoms with Crippen molar-refractivity contribution in [2.45, 2.75) is 262 Å². The maximum Gasteiger partial charge on any atom is 0.408 e. The molecule has 0 spiro atoms. The van der Waals surface area contributed by atoms with E-state index in [0.29, 0.717) is 28.2 Å². The number of hydrogen-bond acceptors (Lipinski definition) is 38. The van der Waals surface area contributed by atoms with Crippen molar-refractivity contribution >= 4 is 141 Å². The predicted octanol–water partition coefficient (Wildman–Crippen LogP) is 15.5. The molecule has 5 aliphatic rings. The molecule has 41 nitrogen and oxygen atoms in total. The highest BCUT2D eigenvalue weighted by molar-refractivity contribution is 9.09. The van der Waals surface area contributed by atoms with Gasteiger partial charge < -0.3 is 111 Å². The number of nitrogens with two attached hydrogens (primary N) is 1. The smallest absolute Gasteiger partial charge is 0.408 e. The van der Waals surface area contributed by atoms with E-state index >= 15 is 3.89 Å². The van der Waals surface area contributed by atoms with Crippen molar-refractivity contribution in [3.05, 3.63) is 137 Å². The number of carbonyl (C=O) groups is 11. The average Bonchev–Trinajstić information content (AvgIpc) is 0.801. The molecule has 5 aliphatic heterocycles. The van der Waals surface area contributed by atoms with Crippen molar-refractivity contribution in [2.24, 2.45) is 67.9 Å². The lowest BCUT2D eigenvalue weighted by Gasteiger charge is -2.43. The van der Waals surface area contributed by atoms with E-state index in [-0.39, 0.29) is 161 Å². The van der Waals surface area contributed by atoms with Gasteiger partial charge in [0.05, 0.1) is 35.0 Å². The number of para-hydroxylation sites is 6. The van der Waals surface area contributed by atoms with Crippen LogP contribution >= 0.6 is 31.9 Å². The van der Waals surface area contributed by atoms with Crippen LogP contribution in [0, 0.1) is 69.3 Å². The fourth-order valence-electron chi connectivity index (χ4n) is 15.3. The molecule has 5 heterocycles. The van der Waals surface area contributed by atoms with Crippen LogP contribution in [0.3, 0.4) is 0 Å². The summed E-state index contributed by atoms with van der Waals surface area (Å²) in [6.45, 7) is 35.9. The molecule has 4 N–H and O–H groups in total. The second-order valence-electron chi connectivity index (χ2n) is 35.9. The zero-order chi connectivity index (χ0) is 109. The second kappa shape index (κ2) is 57.2. The van der Waals surface area contributed by atoms with Crippen LogP contribution in [-0.2, 0) is 146 Å². The Morgan fingerprint density at radius 1 is 0.441 bits per heavy atom. The van der Waals surface area contributed by atoms with Crippen LogP contribution in [0.15, 0.2) is 130 Å². The minimum atomic E-state index is -5.41. The van der Waals surface area contributed by atoms with Gasteiger partial charge in [0.1, 0.15) is 89.7 Å². The second-order valence-corrected chi connectivity index (χ2v) is 39.6. The normalized spacial score (nSPS) is 27.3. The number of nitro benzene ring substituents is 1. The lowest BCUT2D eigenvalue weighted by atomic mass is 9.83. The van der Waals surface area contributed by atoms with Crippen molar-refractivity contribution in [2.75, 3.05) is 44.5 Å². The number of anilines is 1. The van der Waals surface area contributed by atoms with E-state index < -0.39 is 159 Å². The molecule has 5 saturated heterocycles. The van der Waals surface area contributed by atoms with Crippen LogP contribution < -0.4 is 39.5 Å². The van der Waals surface area contributed by atoms with E-state index in [1.165, 1.54) is 154 Å². The molecule has 806 valence electrons. The topological polar surface area (TPSA) is 524 Å². The maximum absolute atomic E-state index is 15.4. The summed E-state index contributed by atoms with van der Waals surface area (Å²) in [4.78, 5) is 138. The number of alkyl carbamates (subject to hydrolysis) is 1. The van der Waals surface area contributed by atoms with Crippen LogP contribution in [-0.4, -0.2) is 221 Å². The van der Waals surface area contributed by atoms with Gasteiger partial charge in [-0.25, -0.2) is 4.79 Å². The number of rotatable bonds is 31. The van der Waals surface area contributed by atoms with Gasteiger partial charge in [0.15, 0.2) is 30.2 Å². The summed E-state index contributed by atoms with van der Waals surface area (Å²) in [6, 6.07) is 29.0. The first-order chi connectivity index (χ1) is 67.8. The molecular formula is C97H131Br2F3N6O35S2. The van der Waals surface area contributed by atoms with Crippen molar-refractivity contribution in [1.82, 2.24) is 10.6 Å². The van der Waals surface area contributed by atoms with E-state index in [1.54, 1.807) is 57.2 Å². The van der Waals surface area contributed by atoms with Crippen LogP contribution in [0.4, 0.5) is 39.2 Å². The molecule has 2 amide bonds. The Kier molecular flexibility index (Phi) is 48.2. The number of ether oxygens (including phenoxy) is 19. The fraction of sp³-hybridized carbons (Fsp3) is 0.577. The zero-order valence-corrected chi connectivity index (χ0v) is 89.5. The third-order valence-electron chi connectivity index (χ3n) is 23.9. The van der Waals surface area contributed by atoms with Gasteiger partial charge in [-0.05, 0) is 111 Å². The number of alkyl halides is 2. The zero-order valence-electron chi connectivity index (χ0n) is 84.7. The first kappa shape index (κ1) is 122. The van der Waals surface area contributed by atoms with Crippen LogP contribution in [0.5, 0.6) is 28.7 Å². The summed E-state index contributed by atoms with van der Waals surface area (Å²) in [6.07, 6.45) is -10.5. The monoisotopic (exact) mass is 2220 g/mol. The number of hydrogen-bond donors (Lipinski definition) is 3. The summed E-state index contributed by atoms with van der Waals surface area (Å²) in [7, 11) is -8.83. The van der Waals surface area contributed by atoms with Gasteiger partial charge in [-0.3, -0.25) is 58.1 Å². The number of carbonyl (C=O) groups excluding carboxylic acids is 11. The molecule has 10 rings (SSSR count). The van der Waals surface area contributed by atoms with Crippen molar-refractivity contribution < 1.29 is 172 Å². The fourth-order valence-corrected chi connectivity index (χ4v) is 17.8. The molecule has 0 aromatic heterocycles. The molecule has 5 aromatic carbocycles. The first-order valence-electron chi connectivity index (χ1n) is 46.2. The van der Waals surface area contributed by atoms with Gasteiger partial charge in [-0.1, -0.05) is 173 Å². The highest BCUT2D eigenvalue weighted by Gasteiger charge is 2.51. The summed E-state index contributed by atoms with van der Waals surface area (Å²) < 4.78 is 182. The lowest BCUT2D eigenvalue weighted by molar-refractivity contribution is -0.387. The van der Waals surface area contributed by atoms with Crippen molar-refractivity contribution in [3.8, 4) is 28.7 Å². The van der Waals surface area contributed by atoms with Gasteiger partial charge in [0.2, 0.25) is 31.1 Å². The molecular weight excluding hydrogens is 2090 g/mol. The molecule has 0 aliphatic carbocycles. The number of likely N-dealkylation sites (N-methyl/N-ethyl adjacent to an activating group) is 1. The standard InChI is InChI=1S/C33H44FN3O11S.C18H23F2NO7S.C18H23NO8.C18H25NO6.C10H16Br2O3/c1-19-20(2)29(44-22(4)39)31(46-28(19)18-43-21(3)38)45-27-12-10-9-11-25(27)37-49(34,42)48-24-15-13-23(14-16-24)17-26(30(40)35-8)36-32(41)47-33(5,6)7;1-10-11(2)17(26-13(4)23)18(28-16(10)9-25-12(3)22)27-15-8-6-5-7-14(15)21-29(19,20)24;1-10-11(2)17(25-13(4)21)18(27-16(10)9-24-12(3)20)26-15-8-6-5-7-14(15)19(22)23;1-10-11(2)17(23-13(4)21)18(25-16(10)9-22-12(3)20)24-15-8-6-5-7-14(15)19;1-5-6(2)10(12)15-8(4-11)9(5)14-7(3)13/h9-16,19-20,26,28-29,31H,17-18H2,1-8H3,(H,35,40)(H,36,41);5-8,10-11,16-18H,9H2,1-4H3;5-8,10-11,16-18H,9H2,1-4H3;5-8,10-11,16-18H,9,19H2,1-4H3;5-6,8-10H,4H2,1-3H3/t19-,20-,26-,28+,29+,31?,49?;3*10-,11-,16+,17+,18?;5-,6-,8-,9+,10?/m00001/s1. The number of nitrogens with one attached hydrogen (secondary N) is 2. The van der Waals surface area contributed by atoms with Crippen molar-refractivity contribution in [1.29, 1.82) is 0 Å². The molecule has 0 bridgehead atoms. The third kappa shape index (κ3) is 39.8. The molecule has 0 saturated carbocycles. The Labute approximate surface area is 858 Å². The number of amides is 2. The number of nitrogen functional groups attached to an aromatic ring is 1. The molecule has 0 radical (unpaired) electrons. The molecule has 6 unspecified atom stereocenters. The maximum atomic E-state index is 15.4. The van der Waals surface area contributed by atoms with E-state index in [4.69, 9.17) is 99.9 Å². The van der Waals surface area contributed by atoms with Crippen LogP contribution in [0.2, 0.25) is 0 Å². The minimum Gasteiger partial charge on any atom is -0.463 e. The third-order valence-corrected chi connectivity index (χ3v) is 26.8. The van der Waals surface area contributed by atoms with Crippen LogP contribution in [0.25, 0.3) is 0 Å². The lowest BCUT2D eigenvalue weighted by Crippen LogP contribution is -2.54. The van der Waals surface area contributed by atoms with Gasteiger partial charge in [-0.2, -0.15) is 8.42 Å².